The highest BCUT2D eigenvalue weighted by Crippen LogP contribution is 2.31. The third-order valence-corrected chi connectivity index (χ3v) is 6.28. The van der Waals surface area contributed by atoms with Gasteiger partial charge in [0.15, 0.2) is 0 Å². The molecule has 0 spiro atoms. The molecular formula is C26H29N5O. The van der Waals surface area contributed by atoms with Gasteiger partial charge in [0, 0.05) is 48.9 Å². The van der Waals surface area contributed by atoms with Gasteiger partial charge in [-0.1, -0.05) is 42.5 Å². The summed E-state index contributed by atoms with van der Waals surface area (Å²) in [7, 11) is 2.11. The van der Waals surface area contributed by atoms with E-state index in [1.54, 1.807) is 0 Å². The maximum atomic E-state index is 12.5. The lowest BCUT2D eigenvalue weighted by atomic mass is 10.0. The Bertz CT molecular complexity index is 1240. The molecule has 6 nitrogen and oxygen atoms in total. The Hall–Kier alpha value is -3.22. The van der Waals surface area contributed by atoms with Gasteiger partial charge in [0.2, 0.25) is 5.91 Å². The number of aromatic nitrogens is 2. The molecule has 2 N–H and O–H groups in total. The molecule has 5 rings (SSSR count). The lowest BCUT2D eigenvalue weighted by Crippen LogP contribution is -2.52. The third kappa shape index (κ3) is 4.38. The molecule has 4 aromatic rings. The van der Waals surface area contributed by atoms with Gasteiger partial charge in [-0.15, -0.1) is 0 Å². The van der Waals surface area contributed by atoms with Gasteiger partial charge in [-0.3, -0.25) is 10.2 Å². The number of hydrogen-bond acceptors (Lipinski definition) is 4. The number of carbonyl (C=O) groups is 1. The van der Waals surface area contributed by atoms with E-state index in [9.17, 15) is 4.79 Å². The summed E-state index contributed by atoms with van der Waals surface area (Å²) in [5, 5.41) is 4.38. The van der Waals surface area contributed by atoms with Crippen molar-refractivity contribution in [2.45, 2.75) is 19.3 Å². The van der Waals surface area contributed by atoms with Crippen LogP contribution in [0.2, 0.25) is 0 Å². The predicted molar refractivity (Wildman–Crippen MR) is 129 cm³/mol. The Morgan fingerprint density at radius 3 is 2.66 bits per heavy atom. The van der Waals surface area contributed by atoms with Gasteiger partial charge in [-0.25, -0.2) is 9.99 Å². The zero-order valence-electron chi connectivity index (χ0n) is 18.5. The molecule has 0 bridgehead atoms. The number of nitrogens with one attached hydrogen (secondary N) is 2. The fourth-order valence-corrected chi connectivity index (χ4v) is 4.46. The van der Waals surface area contributed by atoms with Crippen LogP contribution in [-0.2, 0) is 11.2 Å². The number of hydrogen-bond donors (Lipinski definition) is 2. The number of piperazine rings is 1. The molecule has 1 aliphatic heterocycles. The molecule has 1 aliphatic rings. The summed E-state index contributed by atoms with van der Waals surface area (Å²) in [5.41, 5.74) is 8.39. The molecule has 0 unspecified atom stereocenters. The van der Waals surface area contributed by atoms with E-state index in [-0.39, 0.29) is 5.91 Å². The van der Waals surface area contributed by atoms with Crippen LogP contribution < -0.4 is 5.43 Å². The van der Waals surface area contributed by atoms with Crippen LogP contribution in [0.4, 0.5) is 0 Å². The average molecular weight is 428 g/mol. The van der Waals surface area contributed by atoms with Gasteiger partial charge in [0.05, 0.1) is 16.9 Å². The number of aryl methyl sites for hydroxylation is 1. The van der Waals surface area contributed by atoms with Crippen molar-refractivity contribution in [2.75, 3.05) is 33.2 Å². The molecule has 6 heteroatoms. The lowest BCUT2D eigenvalue weighted by molar-refractivity contribution is -0.126. The Morgan fingerprint density at radius 1 is 1.00 bits per heavy atom. The normalized spacial score (nSPS) is 15.4. The van der Waals surface area contributed by atoms with Gasteiger partial charge in [0.25, 0.3) is 0 Å². The van der Waals surface area contributed by atoms with E-state index in [0.717, 1.165) is 66.8 Å². The number of aromatic amines is 1. The predicted octanol–water partition coefficient (Wildman–Crippen LogP) is 3.98. The highest BCUT2D eigenvalue weighted by atomic mass is 16.2. The van der Waals surface area contributed by atoms with Crippen LogP contribution in [-0.4, -0.2) is 59.0 Å². The zero-order valence-corrected chi connectivity index (χ0v) is 18.5. The van der Waals surface area contributed by atoms with Crippen LogP contribution in [0.5, 0.6) is 0 Å². The summed E-state index contributed by atoms with van der Waals surface area (Å²) in [5.74, 6) is 0.0970. The Balaban J connectivity index is 1.33. The molecule has 0 radical (unpaired) electrons. The minimum Gasteiger partial charge on any atom is -0.353 e. The number of fused-ring (bicyclic) bond motifs is 2. The number of H-pyrrole nitrogens is 1. The van der Waals surface area contributed by atoms with Crippen LogP contribution >= 0.6 is 0 Å². The number of benzene rings is 2. The van der Waals surface area contributed by atoms with Crippen LogP contribution in [0.3, 0.4) is 0 Å². The molecule has 1 saturated heterocycles. The maximum absolute atomic E-state index is 12.5. The quantitative estimate of drug-likeness (QED) is 0.489. The Kier molecular flexibility index (Phi) is 5.88. The molecule has 1 amide bonds. The number of pyridine rings is 1. The monoisotopic (exact) mass is 427 g/mol. The van der Waals surface area contributed by atoms with Gasteiger partial charge >= 0.3 is 0 Å². The molecule has 0 atom stereocenters. The summed E-state index contributed by atoms with van der Waals surface area (Å²) >= 11 is 0. The number of carbonyl (C=O) groups excluding carboxylic acids is 1. The van der Waals surface area contributed by atoms with E-state index < -0.39 is 0 Å². The topological polar surface area (TPSA) is 64.3 Å². The van der Waals surface area contributed by atoms with E-state index in [4.69, 9.17) is 4.98 Å². The van der Waals surface area contributed by atoms with Gasteiger partial charge in [-0.05, 0) is 43.7 Å². The first-order valence-electron chi connectivity index (χ1n) is 11.4. The van der Waals surface area contributed by atoms with Crippen LogP contribution in [0.15, 0.2) is 60.7 Å². The minimum atomic E-state index is 0.0970. The standard InChI is InChI=1S/C26H29N5O/c1-30-15-17-31(18-16-30)29-25(32)12-6-9-21-20-8-3-5-11-23(20)28-26(21)24-14-13-19-7-2-4-10-22(19)27-24/h2-5,7-8,10-11,13-14,28H,6,9,12,15-18H2,1H3,(H,29,32). The number of likely N-dealkylation sites (N-methyl/N-ethyl adjacent to an activating group) is 1. The van der Waals surface area contributed by atoms with Gasteiger partial charge in [-0.2, -0.15) is 0 Å². The van der Waals surface area contributed by atoms with Gasteiger partial charge in [0.1, 0.15) is 0 Å². The summed E-state index contributed by atoms with van der Waals surface area (Å²) < 4.78 is 0. The van der Waals surface area contributed by atoms with Crippen molar-refractivity contribution in [3.63, 3.8) is 0 Å². The van der Waals surface area contributed by atoms with E-state index >= 15 is 0 Å². The molecule has 2 aromatic heterocycles. The molecule has 0 aliphatic carbocycles. The van der Waals surface area contributed by atoms with Crippen LogP contribution in [0.1, 0.15) is 18.4 Å². The fourth-order valence-electron chi connectivity index (χ4n) is 4.46. The van der Waals surface area contributed by atoms with E-state index in [0.29, 0.717) is 6.42 Å². The number of para-hydroxylation sites is 2. The first-order valence-corrected chi connectivity index (χ1v) is 11.4. The van der Waals surface area contributed by atoms with Crippen molar-refractivity contribution >= 4 is 27.7 Å². The number of hydrazine groups is 1. The SMILES string of the molecule is CN1CCN(NC(=O)CCCc2c(-c3ccc4ccccc4n3)[nH]c3ccccc23)CC1. The second-order valence-electron chi connectivity index (χ2n) is 8.59. The molecule has 1 fully saturated rings. The number of rotatable bonds is 6. The molecular weight excluding hydrogens is 398 g/mol. The van der Waals surface area contributed by atoms with Crippen LogP contribution in [0.25, 0.3) is 33.2 Å². The van der Waals surface area contributed by atoms with Crippen molar-refractivity contribution in [3.8, 4) is 11.4 Å². The second kappa shape index (κ2) is 9.10. The minimum absolute atomic E-state index is 0.0970. The zero-order chi connectivity index (χ0) is 21.9. The summed E-state index contributed by atoms with van der Waals surface area (Å²) in [6, 6.07) is 20.7. The number of amides is 1. The van der Waals surface area contributed by atoms with E-state index in [2.05, 4.69) is 58.8 Å². The summed E-state index contributed by atoms with van der Waals surface area (Å²) in [6.45, 7) is 3.72. The molecule has 164 valence electrons. The lowest BCUT2D eigenvalue weighted by Gasteiger charge is -2.32. The average Bonchev–Trinajstić information content (AvgIpc) is 3.19. The fraction of sp³-hybridized carbons (Fsp3) is 0.308. The van der Waals surface area contributed by atoms with Gasteiger partial charge < -0.3 is 9.88 Å². The second-order valence-corrected chi connectivity index (χ2v) is 8.59. The summed E-state index contributed by atoms with van der Waals surface area (Å²) in [4.78, 5) is 23.3. The molecule has 0 saturated carbocycles. The van der Waals surface area contributed by atoms with E-state index in [1.165, 1.54) is 10.9 Å². The third-order valence-electron chi connectivity index (χ3n) is 6.28. The van der Waals surface area contributed by atoms with Crippen molar-refractivity contribution in [3.05, 3.63) is 66.2 Å². The molecule has 32 heavy (non-hydrogen) atoms. The Morgan fingerprint density at radius 2 is 1.78 bits per heavy atom. The maximum Gasteiger partial charge on any atom is 0.234 e. The highest BCUT2D eigenvalue weighted by molar-refractivity contribution is 5.91. The van der Waals surface area contributed by atoms with Crippen molar-refractivity contribution in [1.82, 2.24) is 25.3 Å². The first-order chi connectivity index (χ1) is 15.7. The molecule has 3 heterocycles. The largest absolute Gasteiger partial charge is 0.353 e. The number of nitrogens with zero attached hydrogens (tertiary/aromatic N) is 3. The Labute approximate surface area is 188 Å². The smallest absolute Gasteiger partial charge is 0.234 e. The van der Waals surface area contributed by atoms with E-state index in [1.807, 2.05) is 29.3 Å². The van der Waals surface area contributed by atoms with Crippen molar-refractivity contribution in [1.29, 1.82) is 0 Å². The summed E-state index contributed by atoms with van der Waals surface area (Å²) in [6.07, 6.45) is 2.13. The first kappa shape index (κ1) is 20.7. The van der Waals surface area contributed by atoms with Crippen molar-refractivity contribution < 1.29 is 4.79 Å². The molecule has 2 aromatic carbocycles. The highest BCUT2D eigenvalue weighted by Gasteiger charge is 2.17. The van der Waals surface area contributed by atoms with Crippen molar-refractivity contribution in [2.24, 2.45) is 0 Å². The van der Waals surface area contributed by atoms with Crippen LogP contribution in [0, 0.1) is 0 Å².